The van der Waals surface area contributed by atoms with Gasteiger partial charge in [-0.2, -0.15) is 0 Å². The number of amides is 2. The predicted molar refractivity (Wildman–Crippen MR) is 88.7 cm³/mol. The maximum Gasteiger partial charge on any atom is 0.273 e. The Morgan fingerprint density at radius 3 is 2.58 bits per heavy atom. The Bertz CT molecular complexity index is 764. The molecule has 0 unspecified atom stereocenters. The van der Waals surface area contributed by atoms with Crippen molar-refractivity contribution in [1.82, 2.24) is 10.9 Å². The lowest BCUT2D eigenvalue weighted by atomic mass is 10.1. The number of hydrogen-bond acceptors (Lipinski definition) is 3. The van der Waals surface area contributed by atoms with Crippen molar-refractivity contribution in [3.63, 3.8) is 0 Å². The molecule has 0 aliphatic carbocycles. The fourth-order valence-corrected chi connectivity index (χ4v) is 2.34. The molecule has 0 fully saturated rings. The van der Waals surface area contributed by atoms with Gasteiger partial charge in [-0.1, -0.05) is 29.3 Å². The first-order chi connectivity index (χ1) is 11.4. The summed E-state index contributed by atoms with van der Waals surface area (Å²) in [4.78, 5) is 23.9. The smallest absolute Gasteiger partial charge is 0.273 e. The number of benzene rings is 2. The average Bonchev–Trinajstić information content (AvgIpc) is 2.56. The van der Waals surface area contributed by atoms with Crippen molar-refractivity contribution < 1.29 is 18.7 Å². The molecule has 0 heterocycles. The van der Waals surface area contributed by atoms with Crippen LogP contribution >= 0.6 is 23.2 Å². The van der Waals surface area contributed by atoms with Crippen LogP contribution in [0.2, 0.25) is 10.0 Å². The fourth-order valence-electron chi connectivity index (χ4n) is 1.95. The number of carbonyl (C=O) groups is 2. The van der Waals surface area contributed by atoms with Crippen LogP contribution in [0.4, 0.5) is 4.39 Å². The van der Waals surface area contributed by atoms with E-state index in [0.717, 1.165) is 0 Å². The normalized spacial score (nSPS) is 10.2. The van der Waals surface area contributed by atoms with E-state index in [4.69, 9.17) is 27.9 Å². The quantitative estimate of drug-likeness (QED) is 0.812. The fraction of sp³-hybridized carbons (Fsp3) is 0.125. The minimum Gasteiger partial charge on any atom is -0.496 e. The average molecular weight is 371 g/mol. The third-order valence-electron chi connectivity index (χ3n) is 3.12. The van der Waals surface area contributed by atoms with Crippen molar-refractivity contribution in [2.24, 2.45) is 0 Å². The molecule has 8 heteroatoms. The van der Waals surface area contributed by atoms with Crippen molar-refractivity contribution in [2.75, 3.05) is 7.11 Å². The van der Waals surface area contributed by atoms with E-state index >= 15 is 0 Å². The third kappa shape index (κ3) is 4.37. The molecule has 0 saturated carbocycles. The van der Waals surface area contributed by atoms with Crippen molar-refractivity contribution in [1.29, 1.82) is 0 Å². The standard InChI is InChI=1S/C16H13Cl2FN2O3/c1-24-14-7-9(17)5-6-10(14)16(23)21-20-15(22)8-11-12(18)3-2-4-13(11)19/h2-7H,8H2,1H3,(H,20,22)(H,21,23). The molecule has 126 valence electrons. The van der Waals surface area contributed by atoms with Gasteiger partial charge in [-0.3, -0.25) is 20.4 Å². The molecule has 2 N–H and O–H groups in total. The SMILES string of the molecule is COc1cc(Cl)ccc1C(=O)NNC(=O)Cc1c(F)cccc1Cl. The summed E-state index contributed by atoms with van der Waals surface area (Å²) >= 11 is 11.7. The van der Waals surface area contributed by atoms with E-state index in [1.807, 2.05) is 0 Å². The van der Waals surface area contributed by atoms with Crippen LogP contribution in [0.3, 0.4) is 0 Å². The van der Waals surface area contributed by atoms with Crippen LogP contribution in [-0.2, 0) is 11.2 Å². The zero-order valence-corrected chi connectivity index (χ0v) is 14.0. The summed E-state index contributed by atoms with van der Waals surface area (Å²) in [6.07, 6.45) is -0.316. The Kier molecular flexibility index (Phi) is 6.00. The van der Waals surface area contributed by atoms with Crippen LogP contribution in [0.1, 0.15) is 15.9 Å². The van der Waals surface area contributed by atoms with Gasteiger partial charge in [-0.15, -0.1) is 0 Å². The van der Waals surface area contributed by atoms with Crippen molar-refractivity contribution >= 4 is 35.0 Å². The molecule has 0 bridgehead atoms. The van der Waals surface area contributed by atoms with E-state index in [1.54, 1.807) is 0 Å². The third-order valence-corrected chi connectivity index (χ3v) is 3.71. The molecule has 2 aromatic carbocycles. The largest absolute Gasteiger partial charge is 0.496 e. The summed E-state index contributed by atoms with van der Waals surface area (Å²) in [5, 5.41) is 0.539. The molecule has 0 atom stereocenters. The van der Waals surface area contributed by atoms with Crippen LogP contribution in [0.5, 0.6) is 5.75 Å². The Balaban J connectivity index is 2.00. The summed E-state index contributed by atoms with van der Waals surface area (Å²) in [5.41, 5.74) is 4.66. The number of halogens is 3. The van der Waals surface area contributed by atoms with Crippen LogP contribution in [-0.4, -0.2) is 18.9 Å². The number of nitrogens with one attached hydrogen (secondary N) is 2. The first kappa shape index (κ1) is 18.0. The van der Waals surface area contributed by atoms with Crippen molar-refractivity contribution in [2.45, 2.75) is 6.42 Å². The van der Waals surface area contributed by atoms with Crippen LogP contribution in [0.25, 0.3) is 0 Å². The van der Waals surface area contributed by atoms with Gasteiger partial charge >= 0.3 is 0 Å². The van der Waals surface area contributed by atoms with Crippen LogP contribution in [0, 0.1) is 5.82 Å². The van der Waals surface area contributed by atoms with E-state index in [2.05, 4.69) is 10.9 Å². The second kappa shape index (κ2) is 7.99. The first-order valence-corrected chi connectivity index (χ1v) is 7.53. The highest BCUT2D eigenvalue weighted by molar-refractivity contribution is 6.31. The molecule has 2 aromatic rings. The van der Waals surface area contributed by atoms with E-state index < -0.39 is 17.6 Å². The van der Waals surface area contributed by atoms with Gasteiger partial charge in [0.05, 0.1) is 19.1 Å². The second-order valence-corrected chi connectivity index (χ2v) is 5.57. The molecule has 0 aliphatic heterocycles. The second-order valence-electron chi connectivity index (χ2n) is 4.72. The number of hydrogen-bond donors (Lipinski definition) is 2. The maximum atomic E-state index is 13.6. The topological polar surface area (TPSA) is 67.4 Å². The highest BCUT2D eigenvalue weighted by atomic mass is 35.5. The molecule has 2 amide bonds. The number of ether oxygens (including phenoxy) is 1. The summed E-state index contributed by atoms with van der Waals surface area (Å²) in [6.45, 7) is 0. The zero-order chi connectivity index (χ0) is 17.7. The van der Waals surface area contributed by atoms with E-state index in [-0.39, 0.29) is 28.3 Å². The van der Waals surface area contributed by atoms with Gasteiger partial charge in [0.1, 0.15) is 11.6 Å². The van der Waals surface area contributed by atoms with Crippen LogP contribution in [0.15, 0.2) is 36.4 Å². The Labute approximate surface area is 147 Å². The number of methoxy groups -OCH3 is 1. The van der Waals surface area contributed by atoms with Gasteiger partial charge in [0, 0.05) is 15.6 Å². The minimum atomic E-state index is -0.622. The summed E-state index contributed by atoms with van der Waals surface area (Å²) in [6, 6.07) is 8.55. The first-order valence-electron chi connectivity index (χ1n) is 6.78. The minimum absolute atomic E-state index is 0.0509. The zero-order valence-electron chi connectivity index (χ0n) is 12.5. The molecular weight excluding hydrogens is 358 g/mol. The highest BCUT2D eigenvalue weighted by Gasteiger charge is 2.15. The number of carbonyl (C=O) groups excluding carboxylic acids is 2. The maximum absolute atomic E-state index is 13.6. The molecule has 0 radical (unpaired) electrons. The molecule has 0 spiro atoms. The van der Waals surface area contributed by atoms with Gasteiger partial charge in [0.15, 0.2) is 0 Å². The Hall–Kier alpha value is -2.31. The van der Waals surface area contributed by atoms with E-state index in [1.165, 1.54) is 43.5 Å². The summed E-state index contributed by atoms with van der Waals surface area (Å²) < 4.78 is 18.7. The van der Waals surface area contributed by atoms with Crippen molar-refractivity contribution in [3.05, 3.63) is 63.4 Å². The lowest BCUT2D eigenvalue weighted by Gasteiger charge is -2.11. The number of rotatable bonds is 4. The van der Waals surface area contributed by atoms with Gasteiger partial charge in [-0.05, 0) is 30.3 Å². The monoisotopic (exact) mass is 370 g/mol. The molecular formula is C16H13Cl2FN2O3. The molecule has 2 rings (SSSR count). The molecule has 24 heavy (non-hydrogen) atoms. The highest BCUT2D eigenvalue weighted by Crippen LogP contribution is 2.23. The summed E-state index contributed by atoms with van der Waals surface area (Å²) in [5.74, 6) is -1.56. The molecule has 0 aliphatic rings. The van der Waals surface area contributed by atoms with Gasteiger partial charge in [0.2, 0.25) is 5.91 Å². The Morgan fingerprint density at radius 1 is 1.17 bits per heavy atom. The van der Waals surface area contributed by atoms with Gasteiger partial charge in [-0.25, -0.2) is 4.39 Å². The molecule has 0 aromatic heterocycles. The van der Waals surface area contributed by atoms with Gasteiger partial charge < -0.3 is 4.74 Å². The molecule has 0 saturated heterocycles. The van der Waals surface area contributed by atoms with Gasteiger partial charge in [0.25, 0.3) is 5.91 Å². The lowest BCUT2D eigenvalue weighted by molar-refractivity contribution is -0.121. The van der Waals surface area contributed by atoms with E-state index in [9.17, 15) is 14.0 Å². The van der Waals surface area contributed by atoms with Crippen molar-refractivity contribution in [3.8, 4) is 5.75 Å². The Morgan fingerprint density at radius 2 is 1.92 bits per heavy atom. The van der Waals surface area contributed by atoms with E-state index in [0.29, 0.717) is 5.02 Å². The van der Waals surface area contributed by atoms with Crippen LogP contribution < -0.4 is 15.6 Å². The summed E-state index contributed by atoms with van der Waals surface area (Å²) in [7, 11) is 1.39. The lowest BCUT2D eigenvalue weighted by Crippen LogP contribution is -2.42. The molecule has 5 nitrogen and oxygen atoms in total. The number of hydrazine groups is 1. The predicted octanol–water partition coefficient (Wildman–Crippen LogP) is 3.14.